The van der Waals surface area contributed by atoms with Gasteiger partial charge in [0, 0.05) is 12.1 Å². The first kappa shape index (κ1) is 32.8. The average Bonchev–Trinajstić information content (AvgIpc) is 2.97. The Bertz CT molecular complexity index is 1030. The minimum atomic E-state index is -1.89. The SMILES string of the molecule is C[C@@H]1O[C@@H](O[C@H]2[C@@H](O)[C@@H](CO)O[C@@H](O[C@H]3[C@H](O)[C@@H](O)[C@H](Oc4ccc([N+](=O)[O-])cc4)O[C@@H]3CO)[C@@H]2O)[C@@H](O)[C@H](O)[C@@H]1O. The van der Waals surface area contributed by atoms with Crippen LogP contribution in [0.25, 0.3) is 0 Å². The second-order valence-electron chi connectivity index (χ2n) is 10.2. The highest BCUT2D eigenvalue weighted by atomic mass is 16.8. The third kappa shape index (κ3) is 6.66. The van der Waals surface area contributed by atoms with E-state index in [4.69, 9.17) is 28.4 Å². The summed E-state index contributed by atoms with van der Waals surface area (Å²) in [5.74, 6) is 0.0396. The Hall–Kier alpha value is -2.14. The highest BCUT2D eigenvalue weighted by Gasteiger charge is 2.53. The van der Waals surface area contributed by atoms with Crippen molar-refractivity contribution in [2.75, 3.05) is 13.2 Å². The second kappa shape index (κ2) is 13.7. The van der Waals surface area contributed by atoms with Gasteiger partial charge in [0.05, 0.1) is 24.2 Å². The van der Waals surface area contributed by atoms with Gasteiger partial charge in [-0.15, -0.1) is 0 Å². The monoisotopic (exact) mass is 609 g/mol. The molecule has 3 aliphatic rings. The summed E-state index contributed by atoms with van der Waals surface area (Å²) >= 11 is 0. The lowest BCUT2D eigenvalue weighted by Crippen LogP contribution is -2.66. The number of aliphatic hydroxyl groups is 9. The molecule has 0 aliphatic carbocycles. The van der Waals surface area contributed by atoms with Crippen LogP contribution in [-0.2, 0) is 23.7 Å². The first-order valence-electron chi connectivity index (χ1n) is 13.0. The molecule has 0 saturated carbocycles. The summed E-state index contributed by atoms with van der Waals surface area (Å²) in [5.41, 5.74) is -0.221. The zero-order valence-electron chi connectivity index (χ0n) is 22.1. The molecule has 0 aromatic heterocycles. The molecule has 1 aromatic rings. The van der Waals surface area contributed by atoms with Gasteiger partial charge in [0.15, 0.2) is 12.6 Å². The Morgan fingerprint density at radius 2 is 1.24 bits per heavy atom. The molecule has 15 atom stereocenters. The molecule has 18 nitrogen and oxygen atoms in total. The van der Waals surface area contributed by atoms with Gasteiger partial charge in [-0.2, -0.15) is 0 Å². The Labute approximate surface area is 237 Å². The maximum atomic E-state index is 11.0. The lowest BCUT2D eigenvalue weighted by molar-refractivity contribution is -0.384. The van der Waals surface area contributed by atoms with Crippen LogP contribution >= 0.6 is 0 Å². The van der Waals surface area contributed by atoms with E-state index in [-0.39, 0.29) is 11.4 Å². The normalized spacial score (nSPS) is 44.5. The second-order valence-corrected chi connectivity index (χ2v) is 10.2. The van der Waals surface area contributed by atoms with E-state index < -0.39 is 110 Å². The van der Waals surface area contributed by atoms with Crippen molar-refractivity contribution in [2.45, 2.75) is 99.0 Å². The van der Waals surface area contributed by atoms with Crippen LogP contribution in [0.4, 0.5) is 5.69 Å². The largest absolute Gasteiger partial charge is 0.462 e. The van der Waals surface area contributed by atoms with Crippen LogP contribution in [0, 0.1) is 10.1 Å². The predicted molar refractivity (Wildman–Crippen MR) is 131 cm³/mol. The number of benzene rings is 1. The molecule has 3 fully saturated rings. The van der Waals surface area contributed by atoms with Gasteiger partial charge >= 0.3 is 0 Å². The summed E-state index contributed by atoms with van der Waals surface area (Å²) < 4.78 is 33.0. The van der Waals surface area contributed by atoms with Gasteiger partial charge in [-0.3, -0.25) is 10.1 Å². The maximum absolute atomic E-state index is 11.0. The van der Waals surface area contributed by atoms with Crippen LogP contribution < -0.4 is 4.74 Å². The zero-order valence-corrected chi connectivity index (χ0v) is 22.1. The molecule has 3 heterocycles. The summed E-state index contributed by atoms with van der Waals surface area (Å²) in [4.78, 5) is 10.2. The molecule has 3 saturated heterocycles. The molecular weight excluding hydrogens is 574 g/mol. The number of nitrogens with zero attached hydrogens (tertiary/aromatic N) is 1. The number of rotatable bonds is 9. The van der Waals surface area contributed by atoms with Gasteiger partial charge in [-0.05, 0) is 19.1 Å². The van der Waals surface area contributed by atoms with Crippen LogP contribution in [0.15, 0.2) is 24.3 Å². The molecule has 42 heavy (non-hydrogen) atoms. The van der Waals surface area contributed by atoms with E-state index in [0.29, 0.717) is 0 Å². The van der Waals surface area contributed by atoms with E-state index in [1.807, 2.05) is 0 Å². The van der Waals surface area contributed by atoms with Crippen LogP contribution in [0.2, 0.25) is 0 Å². The van der Waals surface area contributed by atoms with Crippen LogP contribution in [-0.4, -0.2) is 156 Å². The molecule has 9 N–H and O–H groups in total. The molecule has 238 valence electrons. The highest BCUT2D eigenvalue weighted by Crippen LogP contribution is 2.33. The number of hydrogen-bond acceptors (Lipinski definition) is 17. The quantitative estimate of drug-likeness (QED) is 0.0941. The number of nitro groups is 1. The third-order valence-electron chi connectivity index (χ3n) is 7.33. The number of ether oxygens (including phenoxy) is 6. The smallest absolute Gasteiger partial charge is 0.269 e. The fourth-order valence-electron chi connectivity index (χ4n) is 4.86. The minimum Gasteiger partial charge on any atom is -0.462 e. The molecule has 0 spiro atoms. The average molecular weight is 610 g/mol. The first-order chi connectivity index (χ1) is 19.9. The zero-order chi connectivity index (χ0) is 30.9. The number of aliphatic hydroxyl groups excluding tert-OH is 9. The van der Waals surface area contributed by atoms with Gasteiger partial charge in [0.2, 0.25) is 6.29 Å². The number of non-ortho nitro benzene ring substituents is 1. The summed E-state index contributed by atoms with van der Waals surface area (Å²) in [5, 5.41) is 104. The van der Waals surface area contributed by atoms with Crippen molar-refractivity contribution >= 4 is 5.69 Å². The first-order valence-corrected chi connectivity index (χ1v) is 13.0. The maximum Gasteiger partial charge on any atom is 0.269 e. The lowest BCUT2D eigenvalue weighted by atomic mass is 9.96. The van der Waals surface area contributed by atoms with Crippen LogP contribution in [0.3, 0.4) is 0 Å². The summed E-state index contributed by atoms with van der Waals surface area (Å²) in [7, 11) is 0. The summed E-state index contributed by atoms with van der Waals surface area (Å²) in [6, 6.07) is 4.75. The van der Waals surface area contributed by atoms with Crippen molar-refractivity contribution < 1.29 is 79.3 Å². The molecule has 1 aromatic carbocycles. The van der Waals surface area contributed by atoms with E-state index in [0.717, 1.165) is 12.1 Å². The van der Waals surface area contributed by atoms with E-state index in [2.05, 4.69) is 0 Å². The summed E-state index contributed by atoms with van der Waals surface area (Å²) in [6.07, 6.45) is -24.2. The van der Waals surface area contributed by atoms with Crippen LogP contribution in [0.1, 0.15) is 6.92 Å². The number of hydrogen-bond donors (Lipinski definition) is 9. The molecule has 0 bridgehead atoms. The molecule has 18 heteroatoms. The fraction of sp³-hybridized carbons (Fsp3) is 0.750. The fourth-order valence-corrected chi connectivity index (χ4v) is 4.86. The standard InChI is InChI=1S/C24H35NO17/c1-8-13(28)15(30)17(32)22(37-8)42-21-14(29)11(6-26)39-24(19(21)34)41-20-12(7-27)40-23(18(33)16(20)31)38-10-4-2-9(3-5-10)25(35)36/h2-5,8,11-24,26-34H,6-7H2,1H3/t8-,11+,12+,13+,14-,15+,16+,17-,18+,19+,20+,21-,22-,23+,24-/m0/s1. The van der Waals surface area contributed by atoms with Crippen molar-refractivity contribution in [2.24, 2.45) is 0 Å². The Morgan fingerprint density at radius 3 is 1.83 bits per heavy atom. The van der Waals surface area contributed by atoms with Gasteiger partial charge in [-0.25, -0.2) is 0 Å². The molecular formula is C24H35NO17. The van der Waals surface area contributed by atoms with Crippen molar-refractivity contribution in [3.8, 4) is 5.75 Å². The lowest BCUT2D eigenvalue weighted by Gasteiger charge is -2.48. The van der Waals surface area contributed by atoms with E-state index in [1.165, 1.54) is 19.1 Å². The predicted octanol–water partition coefficient (Wildman–Crippen LogP) is -4.55. The van der Waals surface area contributed by atoms with Gasteiger partial charge in [0.25, 0.3) is 5.69 Å². The molecule has 0 unspecified atom stereocenters. The topological polar surface area (TPSA) is 281 Å². The third-order valence-corrected chi connectivity index (χ3v) is 7.33. The van der Waals surface area contributed by atoms with E-state index in [1.54, 1.807) is 0 Å². The highest BCUT2D eigenvalue weighted by molar-refractivity contribution is 5.36. The van der Waals surface area contributed by atoms with Crippen molar-refractivity contribution in [1.29, 1.82) is 0 Å². The van der Waals surface area contributed by atoms with Gasteiger partial charge in [-0.1, -0.05) is 0 Å². The van der Waals surface area contributed by atoms with Crippen molar-refractivity contribution in [3.05, 3.63) is 34.4 Å². The molecule has 4 rings (SSSR count). The Kier molecular flexibility index (Phi) is 10.7. The number of nitro benzene ring substituents is 1. The molecule has 0 amide bonds. The van der Waals surface area contributed by atoms with Crippen LogP contribution in [0.5, 0.6) is 5.75 Å². The van der Waals surface area contributed by atoms with Gasteiger partial charge < -0.3 is 74.4 Å². The van der Waals surface area contributed by atoms with Gasteiger partial charge in [0.1, 0.15) is 72.9 Å². The van der Waals surface area contributed by atoms with E-state index in [9.17, 15) is 56.1 Å². The molecule has 0 radical (unpaired) electrons. The van der Waals surface area contributed by atoms with E-state index >= 15 is 0 Å². The Morgan fingerprint density at radius 1 is 0.690 bits per heavy atom. The molecule has 3 aliphatic heterocycles. The summed E-state index contributed by atoms with van der Waals surface area (Å²) in [6.45, 7) is -0.206. The minimum absolute atomic E-state index is 0.0396. The van der Waals surface area contributed by atoms with Crippen molar-refractivity contribution in [3.63, 3.8) is 0 Å². The van der Waals surface area contributed by atoms with Crippen molar-refractivity contribution in [1.82, 2.24) is 0 Å². The Balaban J connectivity index is 1.47.